The topological polar surface area (TPSA) is 29.5 Å². The Morgan fingerprint density at radius 2 is 2.28 bits per heavy atom. The van der Waals surface area contributed by atoms with E-state index in [1.807, 2.05) is 29.2 Å². The lowest BCUT2D eigenvalue weighted by molar-refractivity contribution is -0.0445. The van der Waals surface area contributed by atoms with Gasteiger partial charge in [-0.25, -0.2) is 0 Å². The molecule has 2 unspecified atom stereocenters. The summed E-state index contributed by atoms with van der Waals surface area (Å²) in [7, 11) is 0. The van der Waals surface area contributed by atoms with Crippen molar-refractivity contribution < 1.29 is 9.53 Å². The first-order valence-corrected chi connectivity index (χ1v) is 6.92. The first-order valence-electron chi connectivity index (χ1n) is 6.47. The van der Waals surface area contributed by atoms with Crippen LogP contribution in [0.5, 0.6) is 0 Å². The van der Waals surface area contributed by atoms with Crippen molar-refractivity contribution in [1.82, 2.24) is 4.90 Å². The third-order valence-corrected chi connectivity index (χ3v) is 4.11. The summed E-state index contributed by atoms with van der Waals surface area (Å²) in [4.78, 5) is 15.4. The van der Waals surface area contributed by atoms with Gasteiger partial charge in [-0.15, -0.1) is 12.6 Å². The van der Waals surface area contributed by atoms with E-state index in [0.717, 1.165) is 29.7 Å². The second-order valence-electron chi connectivity index (χ2n) is 4.96. The SMILES string of the molecule is O=C(c1cccc(S)c1)N1CCOC2CCCC21. The van der Waals surface area contributed by atoms with Crippen molar-refractivity contribution in [1.29, 1.82) is 0 Å². The van der Waals surface area contributed by atoms with Crippen molar-refractivity contribution >= 4 is 18.5 Å². The van der Waals surface area contributed by atoms with Crippen LogP contribution in [0, 0.1) is 0 Å². The standard InChI is InChI=1S/C14H17NO2S/c16-14(10-3-1-4-11(18)9-10)15-7-8-17-13-6-2-5-12(13)15/h1,3-4,9,12-13,18H,2,5-8H2. The molecule has 1 heterocycles. The molecule has 2 atom stereocenters. The molecule has 1 aliphatic heterocycles. The summed E-state index contributed by atoms with van der Waals surface area (Å²) in [5, 5.41) is 0. The van der Waals surface area contributed by atoms with Crippen LogP contribution in [0.2, 0.25) is 0 Å². The maximum atomic E-state index is 12.5. The molecule has 3 rings (SSSR count). The Hall–Kier alpha value is -1.00. The zero-order valence-electron chi connectivity index (χ0n) is 10.2. The number of fused-ring (bicyclic) bond motifs is 1. The molecular formula is C14H17NO2S. The van der Waals surface area contributed by atoms with E-state index in [4.69, 9.17) is 4.74 Å². The van der Waals surface area contributed by atoms with Crippen LogP contribution in [0.25, 0.3) is 0 Å². The molecule has 0 N–H and O–H groups in total. The fourth-order valence-electron chi connectivity index (χ4n) is 2.98. The Morgan fingerprint density at radius 1 is 1.39 bits per heavy atom. The first-order chi connectivity index (χ1) is 8.75. The van der Waals surface area contributed by atoms with Crippen LogP contribution in [-0.4, -0.2) is 36.1 Å². The summed E-state index contributed by atoms with van der Waals surface area (Å²) in [5.74, 6) is 0.117. The average molecular weight is 263 g/mol. The quantitative estimate of drug-likeness (QED) is 0.788. The van der Waals surface area contributed by atoms with E-state index < -0.39 is 0 Å². The van der Waals surface area contributed by atoms with E-state index >= 15 is 0 Å². The van der Waals surface area contributed by atoms with Gasteiger partial charge < -0.3 is 9.64 Å². The molecule has 1 aromatic rings. The molecule has 4 heteroatoms. The summed E-state index contributed by atoms with van der Waals surface area (Å²) in [6.45, 7) is 1.37. The maximum absolute atomic E-state index is 12.5. The predicted octanol–water partition coefficient (Wildman–Crippen LogP) is 2.37. The van der Waals surface area contributed by atoms with Crippen LogP contribution in [0.3, 0.4) is 0 Å². The number of thiol groups is 1. The smallest absolute Gasteiger partial charge is 0.254 e. The monoisotopic (exact) mass is 263 g/mol. The van der Waals surface area contributed by atoms with Crippen molar-refractivity contribution in [2.75, 3.05) is 13.2 Å². The molecule has 0 aromatic heterocycles. The highest BCUT2D eigenvalue weighted by atomic mass is 32.1. The molecule has 0 bridgehead atoms. The van der Waals surface area contributed by atoms with Gasteiger partial charge in [0.2, 0.25) is 0 Å². The molecule has 1 aromatic carbocycles. The van der Waals surface area contributed by atoms with Crippen molar-refractivity contribution in [3.05, 3.63) is 29.8 Å². The summed E-state index contributed by atoms with van der Waals surface area (Å²) in [5.41, 5.74) is 0.732. The zero-order valence-corrected chi connectivity index (χ0v) is 11.1. The fourth-order valence-corrected chi connectivity index (χ4v) is 3.21. The molecule has 1 saturated carbocycles. The number of carbonyl (C=O) groups is 1. The minimum absolute atomic E-state index is 0.117. The largest absolute Gasteiger partial charge is 0.374 e. The number of hydrogen-bond acceptors (Lipinski definition) is 3. The van der Waals surface area contributed by atoms with Crippen LogP contribution in [-0.2, 0) is 4.74 Å². The lowest BCUT2D eigenvalue weighted by atomic mass is 10.1. The van der Waals surface area contributed by atoms with Crippen LogP contribution in [0.1, 0.15) is 29.6 Å². The maximum Gasteiger partial charge on any atom is 0.254 e. The third kappa shape index (κ3) is 2.15. The van der Waals surface area contributed by atoms with E-state index in [2.05, 4.69) is 12.6 Å². The van der Waals surface area contributed by atoms with Crippen molar-refractivity contribution in [3.63, 3.8) is 0 Å². The molecule has 0 spiro atoms. The van der Waals surface area contributed by atoms with Gasteiger partial charge in [-0.1, -0.05) is 6.07 Å². The summed E-state index contributed by atoms with van der Waals surface area (Å²) >= 11 is 4.29. The Bertz CT molecular complexity index is 463. The molecular weight excluding hydrogens is 246 g/mol. The van der Waals surface area contributed by atoms with Gasteiger partial charge in [0.15, 0.2) is 0 Å². The number of hydrogen-bond donors (Lipinski definition) is 1. The summed E-state index contributed by atoms with van der Waals surface area (Å²) in [6, 6.07) is 7.74. The molecule has 0 radical (unpaired) electrons. The van der Waals surface area contributed by atoms with E-state index in [1.54, 1.807) is 0 Å². The lowest BCUT2D eigenvalue weighted by Gasteiger charge is -2.37. The average Bonchev–Trinajstić information content (AvgIpc) is 2.86. The molecule has 2 aliphatic rings. The fraction of sp³-hybridized carbons (Fsp3) is 0.500. The Kier molecular flexibility index (Phi) is 3.31. The number of ether oxygens (including phenoxy) is 1. The number of benzene rings is 1. The van der Waals surface area contributed by atoms with Crippen LogP contribution in [0.15, 0.2) is 29.2 Å². The van der Waals surface area contributed by atoms with Gasteiger partial charge in [-0.2, -0.15) is 0 Å². The zero-order chi connectivity index (χ0) is 12.5. The highest BCUT2D eigenvalue weighted by Crippen LogP contribution is 2.30. The predicted molar refractivity (Wildman–Crippen MR) is 72.1 cm³/mol. The van der Waals surface area contributed by atoms with Crippen LogP contribution in [0.4, 0.5) is 0 Å². The number of carbonyl (C=O) groups excluding carboxylic acids is 1. The molecule has 1 aliphatic carbocycles. The molecule has 1 saturated heterocycles. The summed E-state index contributed by atoms with van der Waals surface area (Å²) in [6.07, 6.45) is 3.56. The third-order valence-electron chi connectivity index (χ3n) is 3.84. The van der Waals surface area contributed by atoms with Crippen LogP contribution >= 0.6 is 12.6 Å². The first kappa shape index (κ1) is 12.1. The van der Waals surface area contributed by atoms with E-state index in [1.165, 1.54) is 0 Å². The van der Waals surface area contributed by atoms with E-state index in [0.29, 0.717) is 13.2 Å². The van der Waals surface area contributed by atoms with E-state index in [9.17, 15) is 4.79 Å². The molecule has 18 heavy (non-hydrogen) atoms. The van der Waals surface area contributed by atoms with Gasteiger partial charge in [-0.05, 0) is 37.5 Å². The van der Waals surface area contributed by atoms with Gasteiger partial charge in [0, 0.05) is 17.0 Å². The normalized spacial score (nSPS) is 27.1. The minimum Gasteiger partial charge on any atom is -0.374 e. The van der Waals surface area contributed by atoms with Gasteiger partial charge in [0.1, 0.15) is 0 Å². The number of rotatable bonds is 1. The van der Waals surface area contributed by atoms with Gasteiger partial charge in [0.25, 0.3) is 5.91 Å². The van der Waals surface area contributed by atoms with Crippen LogP contribution < -0.4 is 0 Å². The van der Waals surface area contributed by atoms with Gasteiger partial charge in [-0.3, -0.25) is 4.79 Å². The second-order valence-corrected chi connectivity index (χ2v) is 5.47. The molecule has 96 valence electrons. The molecule has 3 nitrogen and oxygen atoms in total. The highest BCUT2D eigenvalue weighted by Gasteiger charge is 2.38. The Balaban J connectivity index is 1.83. The Labute approximate surface area is 113 Å². The number of nitrogens with zero attached hydrogens (tertiary/aromatic N) is 1. The van der Waals surface area contributed by atoms with Crippen molar-refractivity contribution in [3.8, 4) is 0 Å². The molecule has 1 amide bonds. The van der Waals surface area contributed by atoms with Crippen molar-refractivity contribution in [2.45, 2.75) is 36.3 Å². The highest BCUT2D eigenvalue weighted by molar-refractivity contribution is 7.80. The van der Waals surface area contributed by atoms with Gasteiger partial charge >= 0.3 is 0 Å². The van der Waals surface area contributed by atoms with E-state index in [-0.39, 0.29) is 18.1 Å². The van der Waals surface area contributed by atoms with Crippen molar-refractivity contribution in [2.24, 2.45) is 0 Å². The second kappa shape index (κ2) is 4.94. The minimum atomic E-state index is 0.117. The number of amides is 1. The number of morpholine rings is 1. The summed E-state index contributed by atoms with van der Waals surface area (Å²) < 4.78 is 5.73. The Morgan fingerprint density at radius 3 is 3.11 bits per heavy atom. The molecule has 2 fully saturated rings. The van der Waals surface area contributed by atoms with Gasteiger partial charge in [0.05, 0.1) is 18.8 Å². The lowest BCUT2D eigenvalue weighted by Crippen LogP contribution is -2.51.